The average molecular weight is 552 g/mol. The monoisotopic (exact) mass is 551 g/mol. The number of fused-ring (bicyclic) bond motifs is 2. The summed E-state index contributed by atoms with van der Waals surface area (Å²) in [7, 11) is 2.21. The van der Waals surface area contributed by atoms with E-state index in [1.165, 1.54) is 38.1 Å². The number of halogens is 1. The lowest BCUT2D eigenvalue weighted by Crippen LogP contribution is -2.49. The first-order valence-corrected chi connectivity index (χ1v) is 14.4. The predicted molar refractivity (Wildman–Crippen MR) is 161 cm³/mol. The standard InChI is InChI=1S/C31H34FN9/c1-39-12-14-40(15-13-39)24-8-10-25(11-9-24)41-18-26(28-29(33)35-19-36-30(28)41)20-3-6-23(7-4-20)37-31-34-17-21-2-5-22(32)16-27(21)38-31/h2-7,16-19,24-25H,8-15H2,1H3,(H2,33,35,36)(H,34,37,38). The zero-order valence-corrected chi connectivity index (χ0v) is 23.2. The third kappa shape index (κ3) is 5.09. The van der Waals surface area contributed by atoms with Gasteiger partial charge < -0.3 is 20.5 Å². The summed E-state index contributed by atoms with van der Waals surface area (Å²) < 4.78 is 16.0. The molecule has 210 valence electrons. The molecular formula is C31H34FN9. The third-order valence-corrected chi connectivity index (χ3v) is 8.75. The van der Waals surface area contributed by atoms with Crippen LogP contribution in [0.15, 0.2) is 61.2 Å². The second kappa shape index (κ2) is 10.7. The first-order chi connectivity index (χ1) is 20.0. The van der Waals surface area contributed by atoms with E-state index in [2.05, 4.69) is 65.0 Å². The second-order valence-corrected chi connectivity index (χ2v) is 11.3. The highest BCUT2D eigenvalue weighted by atomic mass is 19.1. The van der Waals surface area contributed by atoms with Crippen molar-refractivity contribution in [2.24, 2.45) is 0 Å². The quantitative estimate of drug-likeness (QED) is 0.306. The Bertz CT molecular complexity index is 1680. The Labute approximate surface area is 238 Å². The molecule has 0 radical (unpaired) electrons. The van der Waals surface area contributed by atoms with E-state index < -0.39 is 0 Å². The van der Waals surface area contributed by atoms with E-state index in [0.717, 1.165) is 59.2 Å². The van der Waals surface area contributed by atoms with Crippen LogP contribution in [0.4, 0.5) is 21.8 Å². The maximum Gasteiger partial charge on any atom is 0.227 e. The summed E-state index contributed by atoms with van der Waals surface area (Å²) in [5.74, 6) is 0.586. The van der Waals surface area contributed by atoms with Crippen LogP contribution in [0.5, 0.6) is 0 Å². The maximum absolute atomic E-state index is 13.7. The molecule has 1 saturated heterocycles. The topological polar surface area (TPSA) is 101 Å². The minimum absolute atomic E-state index is 0.322. The Balaban J connectivity index is 1.12. The van der Waals surface area contributed by atoms with Crippen molar-refractivity contribution < 1.29 is 4.39 Å². The van der Waals surface area contributed by atoms with Crippen molar-refractivity contribution in [2.75, 3.05) is 44.3 Å². The van der Waals surface area contributed by atoms with Crippen molar-refractivity contribution in [3.8, 4) is 11.1 Å². The van der Waals surface area contributed by atoms with Gasteiger partial charge in [-0.15, -0.1) is 0 Å². The number of nitrogens with one attached hydrogen (secondary N) is 1. The molecule has 3 aromatic heterocycles. The summed E-state index contributed by atoms with van der Waals surface area (Å²) in [4.78, 5) is 22.9. The fourth-order valence-electron chi connectivity index (χ4n) is 6.41. The number of nitrogens with two attached hydrogens (primary N) is 1. The Morgan fingerprint density at radius 1 is 0.902 bits per heavy atom. The van der Waals surface area contributed by atoms with Crippen molar-refractivity contribution in [1.29, 1.82) is 0 Å². The molecule has 1 aliphatic carbocycles. The van der Waals surface area contributed by atoms with Crippen LogP contribution in [0.25, 0.3) is 33.1 Å². The van der Waals surface area contributed by atoms with Crippen molar-refractivity contribution in [3.63, 3.8) is 0 Å². The van der Waals surface area contributed by atoms with Gasteiger partial charge >= 0.3 is 0 Å². The van der Waals surface area contributed by atoms with E-state index >= 15 is 0 Å². The fourth-order valence-corrected chi connectivity index (χ4v) is 6.41. The lowest BCUT2D eigenvalue weighted by molar-refractivity contribution is 0.0828. The number of anilines is 3. The van der Waals surface area contributed by atoms with E-state index in [1.54, 1.807) is 18.6 Å². The van der Waals surface area contributed by atoms with Crippen molar-refractivity contribution in [2.45, 2.75) is 37.8 Å². The molecule has 0 atom stereocenters. The van der Waals surface area contributed by atoms with Gasteiger partial charge in [-0.05, 0) is 62.6 Å². The summed E-state index contributed by atoms with van der Waals surface area (Å²) in [5.41, 5.74) is 10.8. The summed E-state index contributed by atoms with van der Waals surface area (Å²) in [6, 6.07) is 13.6. The van der Waals surface area contributed by atoms with E-state index in [1.807, 2.05) is 12.1 Å². The lowest BCUT2D eigenvalue weighted by Gasteiger charge is -2.41. The number of hydrogen-bond acceptors (Lipinski definition) is 8. The highest BCUT2D eigenvalue weighted by Crippen LogP contribution is 2.39. The average Bonchev–Trinajstić information content (AvgIpc) is 3.39. The molecule has 9 nitrogen and oxygen atoms in total. The molecule has 2 aromatic carbocycles. The number of hydrogen-bond donors (Lipinski definition) is 2. The van der Waals surface area contributed by atoms with Gasteiger partial charge in [0.2, 0.25) is 5.95 Å². The molecule has 1 saturated carbocycles. The third-order valence-electron chi connectivity index (χ3n) is 8.75. The van der Waals surface area contributed by atoms with E-state index in [-0.39, 0.29) is 5.82 Å². The van der Waals surface area contributed by atoms with Crippen LogP contribution in [0.1, 0.15) is 31.7 Å². The van der Waals surface area contributed by atoms with Gasteiger partial charge in [0.05, 0.1) is 10.9 Å². The molecule has 3 N–H and O–H groups in total. The van der Waals surface area contributed by atoms with Crippen LogP contribution in [0, 0.1) is 5.82 Å². The van der Waals surface area contributed by atoms with Crippen LogP contribution < -0.4 is 11.1 Å². The minimum atomic E-state index is -0.322. The number of nitrogen functional groups attached to an aromatic ring is 1. The Kier molecular flexibility index (Phi) is 6.72. The first-order valence-electron chi connectivity index (χ1n) is 14.4. The lowest BCUT2D eigenvalue weighted by atomic mass is 9.89. The Morgan fingerprint density at radius 3 is 2.44 bits per heavy atom. The molecule has 0 unspecified atom stereocenters. The Morgan fingerprint density at radius 2 is 1.66 bits per heavy atom. The predicted octanol–water partition coefficient (Wildman–Crippen LogP) is 5.24. The van der Waals surface area contributed by atoms with E-state index in [9.17, 15) is 4.39 Å². The van der Waals surface area contributed by atoms with Gasteiger partial charge in [0.1, 0.15) is 23.6 Å². The summed E-state index contributed by atoms with van der Waals surface area (Å²) in [6.07, 6.45) is 10.1. The summed E-state index contributed by atoms with van der Waals surface area (Å²) in [5, 5.41) is 4.91. The molecular weight excluding hydrogens is 517 g/mol. The molecule has 1 aliphatic heterocycles. The van der Waals surface area contributed by atoms with Gasteiger partial charge in [0, 0.05) is 73.4 Å². The zero-order valence-electron chi connectivity index (χ0n) is 23.2. The molecule has 5 aromatic rings. The van der Waals surface area contributed by atoms with E-state index in [4.69, 9.17) is 5.73 Å². The number of piperazine rings is 1. The highest BCUT2D eigenvalue weighted by Gasteiger charge is 2.30. The number of aromatic nitrogens is 5. The van der Waals surface area contributed by atoms with E-state index in [0.29, 0.717) is 29.4 Å². The SMILES string of the molecule is CN1CCN(C2CCC(n3cc(-c4ccc(Nc5ncc6ccc(F)cc6n5)cc4)c4c(N)ncnc43)CC2)CC1. The van der Waals surface area contributed by atoms with Crippen LogP contribution in [-0.2, 0) is 0 Å². The molecule has 7 rings (SSSR count). The first kappa shape index (κ1) is 25.8. The molecule has 41 heavy (non-hydrogen) atoms. The summed E-state index contributed by atoms with van der Waals surface area (Å²) in [6.45, 7) is 4.65. The van der Waals surface area contributed by atoms with Crippen molar-refractivity contribution >= 4 is 39.4 Å². The van der Waals surface area contributed by atoms with Gasteiger partial charge in [-0.1, -0.05) is 12.1 Å². The van der Waals surface area contributed by atoms with Gasteiger partial charge in [0.15, 0.2) is 0 Å². The van der Waals surface area contributed by atoms with Gasteiger partial charge in [-0.25, -0.2) is 24.3 Å². The van der Waals surface area contributed by atoms with Crippen LogP contribution in [-0.4, -0.2) is 73.6 Å². The largest absolute Gasteiger partial charge is 0.383 e. The number of rotatable bonds is 5. The van der Waals surface area contributed by atoms with Gasteiger partial charge in [-0.2, -0.15) is 0 Å². The zero-order chi connectivity index (χ0) is 27.9. The molecule has 4 heterocycles. The normalized spacial score (nSPS) is 20.5. The van der Waals surface area contributed by atoms with Crippen LogP contribution in [0.2, 0.25) is 0 Å². The Hall–Kier alpha value is -4.15. The second-order valence-electron chi connectivity index (χ2n) is 11.3. The van der Waals surface area contributed by atoms with Crippen LogP contribution in [0.3, 0.4) is 0 Å². The van der Waals surface area contributed by atoms with Crippen molar-refractivity contribution in [1.82, 2.24) is 34.3 Å². The molecule has 10 heteroatoms. The molecule has 0 bridgehead atoms. The number of benzene rings is 2. The maximum atomic E-state index is 13.7. The minimum Gasteiger partial charge on any atom is -0.383 e. The molecule has 2 aliphatic rings. The molecule has 0 spiro atoms. The fraction of sp³-hybridized carbons (Fsp3) is 0.355. The van der Waals surface area contributed by atoms with Gasteiger partial charge in [0.25, 0.3) is 0 Å². The summed E-state index contributed by atoms with van der Waals surface area (Å²) >= 11 is 0. The van der Waals surface area contributed by atoms with Crippen LogP contribution >= 0.6 is 0 Å². The highest BCUT2D eigenvalue weighted by molar-refractivity contribution is 6.00. The smallest absolute Gasteiger partial charge is 0.227 e. The number of likely N-dealkylation sites (N-methyl/N-ethyl adjacent to an activating group) is 1. The molecule has 0 amide bonds. The molecule has 2 fully saturated rings. The van der Waals surface area contributed by atoms with Crippen molar-refractivity contribution in [3.05, 3.63) is 67.0 Å². The number of nitrogens with zero attached hydrogens (tertiary/aromatic N) is 7. The van der Waals surface area contributed by atoms with Gasteiger partial charge in [-0.3, -0.25) is 4.90 Å².